The summed E-state index contributed by atoms with van der Waals surface area (Å²) in [6, 6.07) is 14.4. The van der Waals surface area contributed by atoms with Gasteiger partial charge in [-0.15, -0.1) is 0 Å². The van der Waals surface area contributed by atoms with Crippen LogP contribution in [0.2, 0.25) is 10.0 Å². The lowest BCUT2D eigenvalue weighted by Crippen LogP contribution is -2.13. The van der Waals surface area contributed by atoms with Crippen molar-refractivity contribution in [1.82, 2.24) is 0 Å². The van der Waals surface area contributed by atoms with E-state index >= 15 is 0 Å². The van der Waals surface area contributed by atoms with Gasteiger partial charge in [-0.2, -0.15) is 5.26 Å². The predicted octanol–water partition coefficient (Wildman–Crippen LogP) is 5.88. The summed E-state index contributed by atoms with van der Waals surface area (Å²) in [5, 5.41) is 12.9. The van der Waals surface area contributed by atoms with Gasteiger partial charge in [0.15, 0.2) is 0 Å². The molecule has 0 aromatic heterocycles. The Bertz CT molecular complexity index is 821. The molecule has 0 radical (unpaired) electrons. The Morgan fingerprint density at radius 2 is 1.92 bits per heavy atom. The molecule has 0 bridgehead atoms. The van der Waals surface area contributed by atoms with Crippen molar-refractivity contribution in [2.24, 2.45) is 0 Å². The van der Waals surface area contributed by atoms with E-state index in [4.69, 9.17) is 23.2 Å². The van der Waals surface area contributed by atoms with Crippen LogP contribution in [0.4, 0.5) is 5.69 Å². The smallest absolute Gasteiger partial charge is 0.266 e. The topological polar surface area (TPSA) is 52.9 Å². The van der Waals surface area contributed by atoms with E-state index in [0.29, 0.717) is 21.3 Å². The summed E-state index contributed by atoms with van der Waals surface area (Å²) in [6.45, 7) is 2.15. The lowest BCUT2D eigenvalue weighted by molar-refractivity contribution is -0.112. The Morgan fingerprint density at radius 1 is 1.20 bits per heavy atom. The standard InChI is InChI=1S/C20H18Cl2N2O/c1-2-3-4-14-5-9-18(10-6-14)24-20(25)16(13-23)11-15-7-8-17(21)12-19(15)22/h5-12H,2-4H2,1H3,(H,24,25)/b16-11+. The molecule has 0 saturated heterocycles. The zero-order chi connectivity index (χ0) is 18.2. The van der Waals surface area contributed by atoms with Gasteiger partial charge >= 0.3 is 0 Å². The molecule has 0 aliphatic rings. The number of nitriles is 1. The maximum absolute atomic E-state index is 12.3. The molecule has 0 atom stereocenters. The minimum atomic E-state index is -0.477. The Morgan fingerprint density at radius 3 is 2.52 bits per heavy atom. The molecule has 2 aromatic carbocycles. The number of hydrogen-bond donors (Lipinski definition) is 1. The van der Waals surface area contributed by atoms with Crippen molar-refractivity contribution in [3.63, 3.8) is 0 Å². The van der Waals surface area contributed by atoms with E-state index in [2.05, 4.69) is 12.2 Å². The van der Waals surface area contributed by atoms with Crippen LogP contribution in [0.1, 0.15) is 30.9 Å². The number of hydrogen-bond acceptors (Lipinski definition) is 2. The third-order valence-electron chi connectivity index (χ3n) is 3.66. The zero-order valence-electron chi connectivity index (χ0n) is 13.9. The average molecular weight is 373 g/mol. The lowest BCUT2D eigenvalue weighted by atomic mass is 10.1. The van der Waals surface area contributed by atoms with Crippen LogP contribution in [-0.4, -0.2) is 5.91 Å². The summed E-state index contributed by atoms with van der Waals surface area (Å²) in [6.07, 6.45) is 4.74. The largest absolute Gasteiger partial charge is 0.321 e. The van der Waals surface area contributed by atoms with E-state index in [0.717, 1.165) is 19.3 Å². The molecule has 0 unspecified atom stereocenters. The summed E-state index contributed by atoms with van der Waals surface area (Å²) in [7, 11) is 0. The first-order chi connectivity index (χ1) is 12.0. The van der Waals surface area contributed by atoms with Gasteiger partial charge in [0.25, 0.3) is 5.91 Å². The number of benzene rings is 2. The number of rotatable bonds is 6. The van der Waals surface area contributed by atoms with E-state index in [1.165, 1.54) is 11.6 Å². The van der Waals surface area contributed by atoms with Gasteiger partial charge in [0, 0.05) is 15.7 Å². The van der Waals surface area contributed by atoms with Crippen molar-refractivity contribution in [2.45, 2.75) is 26.2 Å². The number of carbonyl (C=O) groups is 1. The van der Waals surface area contributed by atoms with E-state index in [-0.39, 0.29) is 5.57 Å². The lowest BCUT2D eigenvalue weighted by Gasteiger charge is -2.06. The first-order valence-electron chi connectivity index (χ1n) is 8.00. The SMILES string of the molecule is CCCCc1ccc(NC(=O)/C(C#N)=C/c2ccc(Cl)cc2Cl)cc1. The fourth-order valence-electron chi connectivity index (χ4n) is 2.26. The van der Waals surface area contributed by atoms with Gasteiger partial charge in [0.05, 0.1) is 0 Å². The van der Waals surface area contributed by atoms with Gasteiger partial charge in [-0.05, 0) is 54.3 Å². The van der Waals surface area contributed by atoms with Crippen molar-refractivity contribution in [3.8, 4) is 6.07 Å². The van der Waals surface area contributed by atoms with Crippen molar-refractivity contribution < 1.29 is 4.79 Å². The van der Waals surface area contributed by atoms with Crippen LogP contribution in [0.5, 0.6) is 0 Å². The quantitative estimate of drug-likeness (QED) is 0.508. The number of anilines is 1. The van der Waals surface area contributed by atoms with Gasteiger partial charge in [-0.1, -0.05) is 54.7 Å². The third kappa shape index (κ3) is 5.63. The molecule has 1 amide bonds. The molecule has 0 saturated carbocycles. The number of carbonyl (C=O) groups excluding carboxylic acids is 1. The molecule has 3 nitrogen and oxygen atoms in total. The van der Waals surface area contributed by atoms with Crippen LogP contribution in [0.3, 0.4) is 0 Å². The van der Waals surface area contributed by atoms with E-state index in [9.17, 15) is 10.1 Å². The molecular formula is C20H18Cl2N2O. The van der Waals surface area contributed by atoms with Gasteiger partial charge in [0.1, 0.15) is 11.6 Å². The van der Waals surface area contributed by atoms with Crippen molar-refractivity contribution in [1.29, 1.82) is 5.26 Å². The Hall–Kier alpha value is -2.28. The molecule has 0 aliphatic carbocycles. The fraction of sp³-hybridized carbons (Fsp3) is 0.200. The summed E-state index contributed by atoms with van der Waals surface area (Å²) < 4.78 is 0. The average Bonchev–Trinajstić information content (AvgIpc) is 2.60. The minimum Gasteiger partial charge on any atom is -0.321 e. The fourth-order valence-corrected chi connectivity index (χ4v) is 2.72. The normalized spacial score (nSPS) is 11.0. The first kappa shape index (κ1) is 19.1. The van der Waals surface area contributed by atoms with Crippen LogP contribution < -0.4 is 5.32 Å². The first-order valence-corrected chi connectivity index (χ1v) is 8.76. The minimum absolute atomic E-state index is 0.0284. The Balaban J connectivity index is 2.12. The molecule has 0 spiro atoms. The number of aryl methyl sites for hydroxylation is 1. The highest BCUT2D eigenvalue weighted by molar-refractivity contribution is 6.35. The van der Waals surface area contributed by atoms with Crippen LogP contribution >= 0.6 is 23.2 Å². The molecular weight excluding hydrogens is 355 g/mol. The predicted molar refractivity (Wildman–Crippen MR) is 104 cm³/mol. The highest BCUT2D eigenvalue weighted by atomic mass is 35.5. The number of nitrogens with zero attached hydrogens (tertiary/aromatic N) is 1. The summed E-state index contributed by atoms with van der Waals surface area (Å²) in [5.41, 5.74) is 2.41. The molecule has 0 aliphatic heterocycles. The second-order valence-electron chi connectivity index (χ2n) is 5.59. The number of amides is 1. The molecule has 2 aromatic rings. The van der Waals surface area contributed by atoms with Gasteiger partial charge in [-0.3, -0.25) is 4.79 Å². The second kappa shape index (κ2) is 9.27. The molecule has 5 heteroatoms. The summed E-state index contributed by atoms with van der Waals surface area (Å²) >= 11 is 11.9. The number of unbranched alkanes of at least 4 members (excludes halogenated alkanes) is 1. The van der Waals surface area contributed by atoms with E-state index in [1.807, 2.05) is 30.3 Å². The second-order valence-corrected chi connectivity index (χ2v) is 6.43. The van der Waals surface area contributed by atoms with Crippen LogP contribution in [0.25, 0.3) is 6.08 Å². The molecule has 1 N–H and O–H groups in total. The van der Waals surface area contributed by atoms with Gasteiger partial charge in [-0.25, -0.2) is 0 Å². The van der Waals surface area contributed by atoms with Crippen LogP contribution in [0, 0.1) is 11.3 Å². The maximum Gasteiger partial charge on any atom is 0.266 e. The summed E-state index contributed by atoms with van der Waals surface area (Å²) in [5.74, 6) is -0.477. The Labute approximate surface area is 157 Å². The summed E-state index contributed by atoms with van der Waals surface area (Å²) in [4.78, 5) is 12.3. The van der Waals surface area contributed by atoms with Crippen molar-refractivity contribution in [3.05, 3.63) is 69.2 Å². The zero-order valence-corrected chi connectivity index (χ0v) is 15.4. The molecule has 2 rings (SSSR count). The molecule has 25 heavy (non-hydrogen) atoms. The third-order valence-corrected chi connectivity index (χ3v) is 4.22. The van der Waals surface area contributed by atoms with Crippen LogP contribution in [0.15, 0.2) is 48.0 Å². The van der Waals surface area contributed by atoms with Crippen molar-refractivity contribution in [2.75, 3.05) is 5.32 Å². The van der Waals surface area contributed by atoms with E-state index in [1.54, 1.807) is 18.2 Å². The number of nitrogens with one attached hydrogen (secondary N) is 1. The monoisotopic (exact) mass is 372 g/mol. The highest BCUT2D eigenvalue weighted by Gasteiger charge is 2.11. The molecule has 0 fully saturated rings. The molecule has 0 heterocycles. The highest BCUT2D eigenvalue weighted by Crippen LogP contribution is 2.23. The van der Waals surface area contributed by atoms with Crippen LogP contribution in [-0.2, 0) is 11.2 Å². The Kier molecular flexibility index (Phi) is 7.06. The van der Waals surface area contributed by atoms with E-state index < -0.39 is 5.91 Å². The van der Waals surface area contributed by atoms with Gasteiger partial charge in [0.2, 0.25) is 0 Å². The maximum atomic E-state index is 12.3. The molecule has 128 valence electrons. The van der Waals surface area contributed by atoms with Gasteiger partial charge < -0.3 is 5.32 Å². The number of halogens is 2. The van der Waals surface area contributed by atoms with Crippen molar-refractivity contribution >= 4 is 40.9 Å².